The topological polar surface area (TPSA) is 77.0 Å². The molecule has 0 unspecified atom stereocenters. The van der Waals surface area contributed by atoms with Crippen molar-refractivity contribution in [2.75, 3.05) is 6.61 Å². The van der Waals surface area contributed by atoms with E-state index in [0.717, 1.165) is 11.8 Å². The first-order valence-electron chi connectivity index (χ1n) is 3.86. The number of esters is 1. The summed E-state index contributed by atoms with van der Waals surface area (Å²) in [6.07, 6.45) is 0. The zero-order valence-electron chi connectivity index (χ0n) is 7.48. The van der Waals surface area contributed by atoms with Crippen LogP contribution in [0.5, 0.6) is 0 Å². The average Bonchev–Trinajstić information content (AvgIpc) is 2.09. The van der Waals surface area contributed by atoms with Crippen LogP contribution in [0.15, 0.2) is 10.2 Å². The predicted octanol–water partition coefficient (Wildman–Crippen LogP) is 0.356. The van der Waals surface area contributed by atoms with Gasteiger partial charge in [0, 0.05) is 0 Å². The molecule has 0 spiro atoms. The van der Waals surface area contributed by atoms with Gasteiger partial charge in [-0.25, -0.2) is 0 Å². The minimum atomic E-state index is -0.433. The molecular weight excluding hydrogens is 190 g/mol. The van der Waals surface area contributed by atoms with E-state index >= 15 is 0 Å². The summed E-state index contributed by atoms with van der Waals surface area (Å²) in [5.74, 6) is -0.313. The highest BCUT2D eigenvalue weighted by atomic mass is 32.2. The highest BCUT2D eigenvalue weighted by molar-refractivity contribution is 8.15. The van der Waals surface area contributed by atoms with Gasteiger partial charge in [-0.2, -0.15) is 5.10 Å². The number of carbonyl (C=O) groups is 1. The second kappa shape index (κ2) is 4.27. The fourth-order valence-electron chi connectivity index (χ4n) is 0.847. The Kier molecular flexibility index (Phi) is 3.30. The van der Waals surface area contributed by atoms with Gasteiger partial charge in [-0.3, -0.25) is 4.79 Å². The maximum atomic E-state index is 11.3. The molecule has 1 heterocycles. The van der Waals surface area contributed by atoms with Crippen molar-refractivity contribution in [1.82, 2.24) is 0 Å². The first-order valence-corrected chi connectivity index (χ1v) is 4.74. The third-order valence-electron chi connectivity index (χ3n) is 1.43. The molecule has 0 radical (unpaired) electrons. The maximum Gasteiger partial charge on any atom is 0.325 e. The lowest BCUT2D eigenvalue weighted by Crippen LogP contribution is -2.32. The number of hydrogen-bond donors (Lipinski definition) is 1. The van der Waals surface area contributed by atoms with E-state index in [2.05, 4.69) is 10.2 Å². The van der Waals surface area contributed by atoms with Crippen LogP contribution in [0.3, 0.4) is 0 Å². The number of carbonyl (C=O) groups excluding carboxylic acids is 1. The van der Waals surface area contributed by atoms with Crippen LogP contribution >= 0.6 is 11.8 Å². The largest absolute Gasteiger partial charge is 0.465 e. The third-order valence-corrected chi connectivity index (χ3v) is 2.52. The normalized spacial score (nSPS) is 21.8. The van der Waals surface area contributed by atoms with E-state index in [0.29, 0.717) is 17.5 Å². The molecule has 0 aromatic carbocycles. The summed E-state index contributed by atoms with van der Waals surface area (Å²) in [5.41, 5.74) is 6.04. The number of rotatable bonds is 2. The fraction of sp³-hybridized carbons (Fsp3) is 0.571. The second-order valence-electron chi connectivity index (χ2n) is 2.43. The van der Waals surface area contributed by atoms with Gasteiger partial charge < -0.3 is 10.5 Å². The number of thioether (sulfide) groups is 1. The lowest BCUT2D eigenvalue weighted by atomic mass is 10.3. The summed E-state index contributed by atoms with van der Waals surface area (Å²) >= 11 is 1.16. The van der Waals surface area contributed by atoms with Crippen LogP contribution < -0.4 is 5.73 Å². The molecule has 0 aromatic rings. The second-order valence-corrected chi connectivity index (χ2v) is 3.55. The molecule has 6 heteroatoms. The molecule has 0 saturated heterocycles. The quantitative estimate of drug-likeness (QED) is 0.654. The first kappa shape index (κ1) is 10.0. The molecule has 1 rings (SSSR count). The molecule has 0 aliphatic carbocycles. The first-order chi connectivity index (χ1) is 6.15. The predicted molar refractivity (Wildman–Crippen MR) is 52.7 cm³/mol. The van der Waals surface area contributed by atoms with Crippen LogP contribution in [0, 0.1) is 0 Å². The molecule has 1 atom stereocenters. The zero-order chi connectivity index (χ0) is 9.84. The SMILES string of the molecule is CCOC(=O)[C@H]1SC(N)=NN=C1C. The standard InChI is InChI=1S/C7H11N3O2S/c1-3-12-6(11)5-4(2)9-10-7(8)13-5/h5H,3H2,1-2H3,(H2,8,10)/t5-/m0/s1. The molecule has 1 aliphatic heterocycles. The van der Waals surface area contributed by atoms with Crippen molar-refractivity contribution in [1.29, 1.82) is 0 Å². The molecule has 0 aromatic heterocycles. The Bertz CT molecular complexity index is 275. The Morgan fingerprint density at radius 1 is 1.69 bits per heavy atom. The van der Waals surface area contributed by atoms with E-state index in [1.54, 1.807) is 13.8 Å². The van der Waals surface area contributed by atoms with Crippen molar-refractivity contribution in [3.05, 3.63) is 0 Å². The summed E-state index contributed by atoms with van der Waals surface area (Å²) in [6.45, 7) is 3.85. The molecule has 2 N–H and O–H groups in total. The number of nitrogens with zero attached hydrogens (tertiary/aromatic N) is 2. The van der Waals surface area contributed by atoms with Crippen molar-refractivity contribution in [3.8, 4) is 0 Å². The molecule has 5 nitrogen and oxygen atoms in total. The van der Waals surface area contributed by atoms with Crippen molar-refractivity contribution in [2.24, 2.45) is 15.9 Å². The highest BCUT2D eigenvalue weighted by Gasteiger charge is 2.27. The zero-order valence-corrected chi connectivity index (χ0v) is 8.30. The van der Waals surface area contributed by atoms with Crippen molar-refractivity contribution >= 4 is 28.6 Å². The number of nitrogens with two attached hydrogens (primary N) is 1. The fourth-order valence-corrected chi connectivity index (χ4v) is 1.56. The Morgan fingerprint density at radius 2 is 2.38 bits per heavy atom. The summed E-state index contributed by atoms with van der Waals surface area (Å²) in [7, 11) is 0. The van der Waals surface area contributed by atoms with Crippen LogP contribution in [-0.4, -0.2) is 28.7 Å². The number of hydrogen-bond acceptors (Lipinski definition) is 6. The van der Waals surface area contributed by atoms with Gasteiger partial charge in [0.1, 0.15) is 5.25 Å². The Hall–Kier alpha value is -1.04. The molecule has 0 bridgehead atoms. The summed E-state index contributed by atoms with van der Waals surface area (Å²) < 4.78 is 4.85. The Morgan fingerprint density at radius 3 is 3.00 bits per heavy atom. The molecule has 0 amide bonds. The van der Waals surface area contributed by atoms with Gasteiger partial charge in [-0.15, -0.1) is 5.10 Å². The average molecular weight is 201 g/mol. The molecule has 13 heavy (non-hydrogen) atoms. The van der Waals surface area contributed by atoms with E-state index in [1.807, 2.05) is 0 Å². The van der Waals surface area contributed by atoms with E-state index < -0.39 is 5.25 Å². The van der Waals surface area contributed by atoms with E-state index in [1.165, 1.54) is 0 Å². The lowest BCUT2D eigenvalue weighted by molar-refractivity contribution is -0.141. The van der Waals surface area contributed by atoms with Gasteiger partial charge >= 0.3 is 5.97 Å². The summed E-state index contributed by atoms with van der Waals surface area (Å²) in [4.78, 5) is 11.3. The van der Waals surface area contributed by atoms with Crippen LogP contribution in [0.2, 0.25) is 0 Å². The van der Waals surface area contributed by atoms with Gasteiger partial charge in [0.25, 0.3) is 0 Å². The summed E-state index contributed by atoms with van der Waals surface area (Å²) in [6, 6.07) is 0. The smallest absolute Gasteiger partial charge is 0.325 e. The Labute approximate surface area is 80.4 Å². The number of amidine groups is 1. The highest BCUT2D eigenvalue weighted by Crippen LogP contribution is 2.18. The molecular formula is C7H11N3O2S. The van der Waals surface area contributed by atoms with Gasteiger partial charge in [-0.1, -0.05) is 11.8 Å². The molecule has 0 saturated carbocycles. The van der Waals surface area contributed by atoms with Crippen LogP contribution in [0.25, 0.3) is 0 Å². The van der Waals surface area contributed by atoms with Crippen molar-refractivity contribution in [3.63, 3.8) is 0 Å². The van der Waals surface area contributed by atoms with E-state index in [-0.39, 0.29) is 5.97 Å². The third kappa shape index (κ3) is 2.45. The van der Waals surface area contributed by atoms with E-state index in [9.17, 15) is 4.79 Å². The van der Waals surface area contributed by atoms with Crippen LogP contribution in [-0.2, 0) is 9.53 Å². The minimum absolute atomic E-state index is 0.295. The molecule has 1 aliphatic rings. The van der Waals surface area contributed by atoms with E-state index in [4.69, 9.17) is 10.5 Å². The molecule has 0 fully saturated rings. The minimum Gasteiger partial charge on any atom is -0.465 e. The molecule has 72 valence electrons. The van der Waals surface area contributed by atoms with Gasteiger partial charge in [0.15, 0.2) is 5.17 Å². The van der Waals surface area contributed by atoms with Gasteiger partial charge in [-0.05, 0) is 13.8 Å². The van der Waals surface area contributed by atoms with Crippen molar-refractivity contribution in [2.45, 2.75) is 19.1 Å². The van der Waals surface area contributed by atoms with Crippen LogP contribution in [0.1, 0.15) is 13.8 Å². The van der Waals surface area contributed by atoms with Gasteiger partial charge in [0.05, 0.1) is 12.3 Å². The Balaban J connectivity index is 2.67. The van der Waals surface area contributed by atoms with Crippen LogP contribution in [0.4, 0.5) is 0 Å². The van der Waals surface area contributed by atoms with Gasteiger partial charge in [0.2, 0.25) is 0 Å². The maximum absolute atomic E-state index is 11.3. The lowest BCUT2D eigenvalue weighted by Gasteiger charge is -2.15. The monoisotopic (exact) mass is 201 g/mol. The van der Waals surface area contributed by atoms with Crippen molar-refractivity contribution < 1.29 is 9.53 Å². The summed E-state index contributed by atoms with van der Waals surface area (Å²) in [5, 5.41) is 7.26. The number of ether oxygens (including phenoxy) is 1.